The average molecular weight is 220 g/mol. The summed E-state index contributed by atoms with van der Waals surface area (Å²) in [5.74, 6) is 0.341. The lowest BCUT2D eigenvalue weighted by atomic mass is 10.2. The molecular formula is C11H12N2O3. The minimum atomic E-state index is -0.384. The molecule has 0 saturated carbocycles. The molecule has 16 heavy (non-hydrogen) atoms. The summed E-state index contributed by atoms with van der Waals surface area (Å²) >= 11 is 0. The Bertz CT molecular complexity index is 519. The fraction of sp³-hybridized carbons (Fsp3) is 0.273. The predicted octanol–water partition coefficient (Wildman–Crippen LogP) is 0.656. The number of pyridine rings is 1. The van der Waals surface area contributed by atoms with Gasteiger partial charge in [-0.25, -0.2) is 9.78 Å². The van der Waals surface area contributed by atoms with Gasteiger partial charge in [0.2, 0.25) is 0 Å². The fourth-order valence-electron chi connectivity index (χ4n) is 1.57. The van der Waals surface area contributed by atoms with Gasteiger partial charge in [0.15, 0.2) is 0 Å². The average Bonchev–Trinajstić information content (AvgIpc) is 2.71. The smallest absolute Gasteiger partial charge is 0.339 e. The molecule has 0 unspecified atom stereocenters. The van der Waals surface area contributed by atoms with E-state index in [1.54, 1.807) is 28.9 Å². The van der Waals surface area contributed by atoms with Crippen LogP contribution in [0.2, 0.25) is 0 Å². The molecule has 0 atom stereocenters. The number of methoxy groups -OCH3 is 1. The number of hydrogen-bond acceptors (Lipinski definition) is 4. The van der Waals surface area contributed by atoms with Crippen molar-refractivity contribution in [1.82, 2.24) is 9.38 Å². The second-order valence-corrected chi connectivity index (χ2v) is 3.35. The number of esters is 1. The van der Waals surface area contributed by atoms with Crippen LogP contribution in [0, 0.1) is 0 Å². The molecule has 0 aliphatic heterocycles. The lowest BCUT2D eigenvalue weighted by Gasteiger charge is -2.02. The molecule has 2 heterocycles. The molecule has 0 bridgehead atoms. The highest BCUT2D eigenvalue weighted by Crippen LogP contribution is 2.10. The first kappa shape index (κ1) is 10.6. The summed E-state index contributed by atoms with van der Waals surface area (Å²) in [7, 11) is 1.34. The van der Waals surface area contributed by atoms with Crippen molar-refractivity contribution in [2.24, 2.45) is 0 Å². The quantitative estimate of drug-likeness (QED) is 0.771. The van der Waals surface area contributed by atoms with Crippen LogP contribution in [0.15, 0.2) is 24.5 Å². The van der Waals surface area contributed by atoms with Crippen LogP contribution in [0.5, 0.6) is 0 Å². The lowest BCUT2D eigenvalue weighted by Crippen LogP contribution is -2.04. The van der Waals surface area contributed by atoms with E-state index in [-0.39, 0.29) is 12.6 Å². The first-order valence-corrected chi connectivity index (χ1v) is 4.91. The summed E-state index contributed by atoms with van der Waals surface area (Å²) in [4.78, 5) is 15.5. The van der Waals surface area contributed by atoms with E-state index in [4.69, 9.17) is 5.11 Å². The van der Waals surface area contributed by atoms with Crippen LogP contribution in [-0.4, -0.2) is 34.2 Å². The van der Waals surface area contributed by atoms with Crippen molar-refractivity contribution in [3.8, 4) is 0 Å². The van der Waals surface area contributed by atoms with Gasteiger partial charge < -0.3 is 14.2 Å². The molecule has 0 aliphatic carbocycles. The van der Waals surface area contributed by atoms with Crippen molar-refractivity contribution < 1.29 is 14.6 Å². The number of aliphatic hydroxyl groups is 1. The van der Waals surface area contributed by atoms with E-state index in [0.717, 1.165) is 11.3 Å². The van der Waals surface area contributed by atoms with E-state index in [0.29, 0.717) is 12.0 Å². The highest BCUT2D eigenvalue weighted by Gasteiger charge is 2.08. The summed E-state index contributed by atoms with van der Waals surface area (Å²) in [6.07, 6.45) is 3.82. The third kappa shape index (κ3) is 1.77. The molecule has 0 aromatic carbocycles. The zero-order valence-electron chi connectivity index (χ0n) is 8.88. The van der Waals surface area contributed by atoms with Crippen molar-refractivity contribution in [3.63, 3.8) is 0 Å². The van der Waals surface area contributed by atoms with Gasteiger partial charge in [0, 0.05) is 12.6 Å². The Morgan fingerprint density at radius 1 is 1.56 bits per heavy atom. The summed E-state index contributed by atoms with van der Waals surface area (Å²) < 4.78 is 6.42. The number of nitrogens with zero attached hydrogens (tertiary/aromatic N) is 2. The molecule has 5 nitrogen and oxygen atoms in total. The minimum Gasteiger partial charge on any atom is -0.465 e. The number of carbonyl (C=O) groups is 1. The van der Waals surface area contributed by atoms with Crippen molar-refractivity contribution >= 4 is 11.5 Å². The molecule has 0 aliphatic rings. The maximum absolute atomic E-state index is 11.3. The molecule has 2 rings (SSSR count). The normalized spacial score (nSPS) is 10.6. The Morgan fingerprint density at radius 3 is 3.06 bits per heavy atom. The summed E-state index contributed by atoms with van der Waals surface area (Å²) in [5, 5.41) is 8.88. The minimum absolute atomic E-state index is 0.0293. The first-order chi connectivity index (χ1) is 7.76. The molecular weight excluding hydrogens is 208 g/mol. The monoisotopic (exact) mass is 220 g/mol. The first-order valence-electron chi connectivity index (χ1n) is 4.91. The number of rotatable bonds is 3. The number of fused-ring (bicyclic) bond motifs is 1. The summed E-state index contributed by atoms with van der Waals surface area (Å²) in [6.45, 7) is 0.0293. The van der Waals surface area contributed by atoms with E-state index in [1.165, 1.54) is 7.11 Å². The van der Waals surface area contributed by atoms with Crippen LogP contribution < -0.4 is 0 Å². The Labute approximate surface area is 92.3 Å². The van der Waals surface area contributed by atoms with Gasteiger partial charge in [0.1, 0.15) is 5.82 Å². The van der Waals surface area contributed by atoms with Gasteiger partial charge in [-0.1, -0.05) is 0 Å². The highest BCUT2D eigenvalue weighted by atomic mass is 16.5. The second kappa shape index (κ2) is 4.32. The van der Waals surface area contributed by atoms with Crippen LogP contribution in [0.1, 0.15) is 16.2 Å². The Morgan fingerprint density at radius 2 is 2.38 bits per heavy atom. The zero-order chi connectivity index (χ0) is 11.5. The SMILES string of the molecule is COC(=O)c1ccc2cnc(CCO)n2c1. The standard InChI is InChI=1S/C11H12N2O3/c1-16-11(15)8-2-3-9-6-12-10(4-5-14)13(9)7-8/h2-3,6-7,14H,4-5H2,1H3. The lowest BCUT2D eigenvalue weighted by molar-refractivity contribution is 0.0600. The van der Waals surface area contributed by atoms with E-state index in [9.17, 15) is 4.79 Å². The van der Waals surface area contributed by atoms with Crippen molar-refractivity contribution in [3.05, 3.63) is 35.9 Å². The predicted molar refractivity (Wildman–Crippen MR) is 57.3 cm³/mol. The number of carbonyl (C=O) groups excluding carboxylic acids is 1. The Hall–Kier alpha value is -1.88. The largest absolute Gasteiger partial charge is 0.465 e. The maximum atomic E-state index is 11.3. The molecule has 0 saturated heterocycles. The van der Waals surface area contributed by atoms with Gasteiger partial charge in [0.25, 0.3) is 0 Å². The number of aromatic nitrogens is 2. The molecule has 84 valence electrons. The molecule has 0 fully saturated rings. The molecule has 0 radical (unpaired) electrons. The van der Waals surface area contributed by atoms with Crippen LogP contribution in [-0.2, 0) is 11.2 Å². The van der Waals surface area contributed by atoms with Crippen molar-refractivity contribution in [1.29, 1.82) is 0 Å². The fourth-order valence-corrected chi connectivity index (χ4v) is 1.57. The van der Waals surface area contributed by atoms with Crippen LogP contribution in [0.25, 0.3) is 5.52 Å². The highest BCUT2D eigenvalue weighted by molar-refractivity contribution is 5.89. The third-order valence-corrected chi connectivity index (χ3v) is 2.36. The van der Waals surface area contributed by atoms with Gasteiger partial charge in [0.05, 0.1) is 31.0 Å². The third-order valence-electron chi connectivity index (χ3n) is 2.36. The number of imidazole rings is 1. The number of aliphatic hydroxyl groups excluding tert-OH is 1. The van der Waals surface area contributed by atoms with Gasteiger partial charge >= 0.3 is 5.97 Å². The Kier molecular flexibility index (Phi) is 2.87. The number of ether oxygens (including phenoxy) is 1. The van der Waals surface area contributed by atoms with Gasteiger partial charge in [-0.3, -0.25) is 0 Å². The van der Waals surface area contributed by atoms with E-state index >= 15 is 0 Å². The van der Waals surface area contributed by atoms with Crippen LogP contribution in [0.4, 0.5) is 0 Å². The van der Waals surface area contributed by atoms with Gasteiger partial charge in [-0.2, -0.15) is 0 Å². The topological polar surface area (TPSA) is 63.8 Å². The van der Waals surface area contributed by atoms with Crippen LogP contribution in [0.3, 0.4) is 0 Å². The maximum Gasteiger partial charge on any atom is 0.339 e. The molecule has 2 aromatic heterocycles. The summed E-state index contributed by atoms with van der Waals surface area (Å²) in [5.41, 5.74) is 1.35. The van der Waals surface area contributed by atoms with E-state index < -0.39 is 0 Å². The second-order valence-electron chi connectivity index (χ2n) is 3.35. The van der Waals surface area contributed by atoms with Gasteiger partial charge in [-0.05, 0) is 12.1 Å². The van der Waals surface area contributed by atoms with Crippen LogP contribution >= 0.6 is 0 Å². The van der Waals surface area contributed by atoms with Crippen molar-refractivity contribution in [2.45, 2.75) is 6.42 Å². The van der Waals surface area contributed by atoms with Gasteiger partial charge in [-0.15, -0.1) is 0 Å². The van der Waals surface area contributed by atoms with E-state index in [2.05, 4.69) is 9.72 Å². The molecule has 2 aromatic rings. The summed E-state index contributed by atoms with van der Waals surface area (Å²) in [6, 6.07) is 3.48. The molecule has 1 N–H and O–H groups in total. The number of hydrogen-bond donors (Lipinski definition) is 1. The van der Waals surface area contributed by atoms with E-state index in [1.807, 2.05) is 0 Å². The zero-order valence-corrected chi connectivity index (χ0v) is 8.88. The van der Waals surface area contributed by atoms with Crippen molar-refractivity contribution in [2.75, 3.05) is 13.7 Å². The molecule has 0 spiro atoms. The molecule has 5 heteroatoms. The molecule has 0 amide bonds. The Balaban J connectivity index is 2.49.